The molecule has 2 nitrogen and oxygen atoms in total. The molecule has 1 aromatic carbocycles. The van der Waals surface area contributed by atoms with Crippen molar-refractivity contribution in [3.63, 3.8) is 0 Å². The lowest BCUT2D eigenvalue weighted by Crippen LogP contribution is -2.18. The summed E-state index contributed by atoms with van der Waals surface area (Å²) >= 11 is 0. The van der Waals surface area contributed by atoms with Gasteiger partial charge in [0.25, 0.3) is 0 Å². The second kappa shape index (κ2) is 3.64. The van der Waals surface area contributed by atoms with Gasteiger partial charge in [0.15, 0.2) is 0 Å². The van der Waals surface area contributed by atoms with Crippen LogP contribution in [0.4, 0.5) is 11.4 Å². The van der Waals surface area contributed by atoms with Crippen molar-refractivity contribution in [2.75, 3.05) is 11.1 Å². The summed E-state index contributed by atoms with van der Waals surface area (Å²) in [4.78, 5) is 0. The molecule has 0 bridgehead atoms. The van der Waals surface area contributed by atoms with Gasteiger partial charge in [-0.25, -0.2) is 0 Å². The van der Waals surface area contributed by atoms with Crippen LogP contribution in [-0.2, 0) is 10.8 Å². The number of nitrogen functional groups attached to an aromatic ring is 1. The van der Waals surface area contributed by atoms with Crippen molar-refractivity contribution in [1.82, 2.24) is 0 Å². The van der Waals surface area contributed by atoms with E-state index in [4.69, 9.17) is 5.73 Å². The molecule has 0 spiro atoms. The smallest absolute Gasteiger partial charge is 0.0428 e. The van der Waals surface area contributed by atoms with Gasteiger partial charge in [-0.3, -0.25) is 0 Å². The van der Waals surface area contributed by atoms with Gasteiger partial charge in [0.2, 0.25) is 0 Å². The van der Waals surface area contributed by atoms with Crippen LogP contribution in [0, 0.1) is 0 Å². The zero-order valence-electron chi connectivity index (χ0n) is 11.7. The highest BCUT2D eigenvalue weighted by Gasteiger charge is 2.35. The molecule has 1 heterocycles. The van der Waals surface area contributed by atoms with Crippen LogP contribution in [0.15, 0.2) is 37.1 Å². The van der Waals surface area contributed by atoms with E-state index in [9.17, 15) is 0 Å². The van der Waals surface area contributed by atoms with Gasteiger partial charge in [0.1, 0.15) is 0 Å². The molecule has 1 aliphatic rings. The fourth-order valence-corrected chi connectivity index (χ4v) is 2.39. The standard InChI is InChI=1S/C16H22N2/c1-7-15(3,4)11-9-14-12(8-13(11)17)16(5,6)10(2)18-14/h7-9,18H,1-2,17H2,3-6H3. The average Bonchev–Trinajstić information content (AvgIpc) is 2.50. The third-order valence-corrected chi connectivity index (χ3v) is 4.11. The number of hydrogen-bond donors (Lipinski definition) is 2. The van der Waals surface area contributed by atoms with Crippen molar-refractivity contribution >= 4 is 11.4 Å². The minimum absolute atomic E-state index is 0.0691. The van der Waals surface area contributed by atoms with Crippen LogP contribution < -0.4 is 11.1 Å². The molecule has 0 fully saturated rings. The monoisotopic (exact) mass is 242 g/mol. The van der Waals surface area contributed by atoms with Gasteiger partial charge in [-0.2, -0.15) is 0 Å². The number of allylic oxidation sites excluding steroid dienone is 2. The maximum Gasteiger partial charge on any atom is 0.0428 e. The Morgan fingerprint density at radius 2 is 1.94 bits per heavy atom. The molecule has 0 radical (unpaired) electrons. The van der Waals surface area contributed by atoms with Gasteiger partial charge in [-0.1, -0.05) is 40.3 Å². The maximum absolute atomic E-state index is 6.22. The number of benzene rings is 1. The Morgan fingerprint density at radius 3 is 2.50 bits per heavy atom. The Balaban J connectivity index is 2.64. The van der Waals surface area contributed by atoms with Crippen LogP contribution in [0.3, 0.4) is 0 Å². The van der Waals surface area contributed by atoms with E-state index >= 15 is 0 Å². The van der Waals surface area contributed by atoms with Gasteiger partial charge in [0.05, 0.1) is 0 Å². The summed E-state index contributed by atoms with van der Waals surface area (Å²) in [6.07, 6.45) is 1.93. The normalized spacial score (nSPS) is 17.2. The summed E-state index contributed by atoms with van der Waals surface area (Å²) in [6, 6.07) is 4.20. The number of rotatable bonds is 2. The summed E-state index contributed by atoms with van der Waals surface area (Å²) in [5.41, 5.74) is 11.3. The fourth-order valence-electron chi connectivity index (χ4n) is 2.39. The Hall–Kier alpha value is -1.70. The van der Waals surface area contributed by atoms with E-state index in [1.165, 1.54) is 5.56 Å². The first-order valence-corrected chi connectivity index (χ1v) is 6.24. The molecule has 0 aromatic heterocycles. The number of nitrogens with one attached hydrogen (secondary N) is 1. The Bertz CT molecular complexity index is 536. The minimum Gasteiger partial charge on any atom is -0.398 e. The number of nitrogens with two attached hydrogens (primary N) is 1. The van der Waals surface area contributed by atoms with E-state index in [1.54, 1.807) is 0 Å². The average molecular weight is 242 g/mol. The molecule has 2 heteroatoms. The van der Waals surface area contributed by atoms with E-state index in [0.29, 0.717) is 0 Å². The van der Waals surface area contributed by atoms with Crippen LogP contribution in [0.1, 0.15) is 38.8 Å². The molecule has 0 saturated carbocycles. The van der Waals surface area contributed by atoms with Crippen molar-refractivity contribution in [2.24, 2.45) is 0 Å². The molecule has 0 amide bonds. The Labute approximate surface area is 110 Å². The summed E-state index contributed by atoms with van der Waals surface area (Å²) in [5, 5.41) is 3.37. The van der Waals surface area contributed by atoms with E-state index in [2.05, 4.69) is 58.3 Å². The zero-order chi connectivity index (χ0) is 13.7. The predicted molar refractivity (Wildman–Crippen MR) is 79.9 cm³/mol. The fraction of sp³-hybridized carbons (Fsp3) is 0.375. The summed E-state index contributed by atoms with van der Waals surface area (Å²) in [5.74, 6) is 0. The van der Waals surface area contributed by atoms with Crippen LogP contribution in [-0.4, -0.2) is 0 Å². The summed E-state index contributed by atoms with van der Waals surface area (Å²) < 4.78 is 0. The van der Waals surface area contributed by atoms with Gasteiger partial charge in [-0.05, 0) is 23.3 Å². The van der Waals surface area contributed by atoms with Crippen LogP contribution in [0.25, 0.3) is 0 Å². The molecule has 0 saturated heterocycles. The minimum atomic E-state index is -0.130. The topological polar surface area (TPSA) is 38.0 Å². The lowest BCUT2D eigenvalue weighted by Gasteiger charge is -2.25. The van der Waals surface area contributed by atoms with Crippen molar-refractivity contribution in [3.8, 4) is 0 Å². The molecular weight excluding hydrogens is 220 g/mol. The quantitative estimate of drug-likeness (QED) is 0.608. The molecule has 1 aliphatic heterocycles. The number of anilines is 2. The lowest BCUT2D eigenvalue weighted by atomic mass is 9.79. The second-order valence-electron chi connectivity index (χ2n) is 6.14. The van der Waals surface area contributed by atoms with Crippen LogP contribution >= 0.6 is 0 Å². The van der Waals surface area contributed by atoms with E-state index in [0.717, 1.165) is 22.6 Å². The van der Waals surface area contributed by atoms with Crippen molar-refractivity contribution < 1.29 is 0 Å². The first-order valence-electron chi connectivity index (χ1n) is 6.24. The van der Waals surface area contributed by atoms with E-state index in [1.807, 2.05) is 6.08 Å². The summed E-state index contributed by atoms with van der Waals surface area (Å²) in [6.45, 7) is 16.5. The second-order valence-corrected chi connectivity index (χ2v) is 6.14. The van der Waals surface area contributed by atoms with E-state index < -0.39 is 0 Å². The van der Waals surface area contributed by atoms with Gasteiger partial charge in [0, 0.05) is 27.9 Å². The molecule has 0 atom stereocenters. The molecule has 2 rings (SSSR count). The van der Waals surface area contributed by atoms with Crippen LogP contribution in [0.5, 0.6) is 0 Å². The van der Waals surface area contributed by atoms with Crippen molar-refractivity contribution in [1.29, 1.82) is 0 Å². The van der Waals surface area contributed by atoms with Gasteiger partial charge < -0.3 is 11.1 Å². The highest BCUT2D eigenvalue weighted by atomic mass is 14.9. The lowest BCUT2D eigenvalue weighted by molar-refractivity contribution is 0.653. The maximum atomic E-state index is 6.22. The highest BCUT2D eigenvalue weighted by Crippen LogP contribution is 2.45. The molecular formula is C16H22N2. The molecule has 96 valence electrons. The first kappa shape index (κ1) is 12.7. The Morgan fingerprint density at radius 1 is 1.33 bits per heavy atom. The molecule has 3 N–H and O–H groups in total. The number of fused-ring (bicyclic) bond motifs is 1. The zero-order valence-corrected chi connectivity index (χ0v) is 11.7. The predicted octanol–water partition coefficient (Wildman–Crippen LogP) is 3.95. The van der Waals surface area contributed by atoms with Crippen molar-refractivity contribution in [3.05, 3.63) is 48.2 Å². The third kappa shape index (κ3) is 1.64. The largest absolute Gasteiger partial charge is 0.398 e. The third-order valence-electron chi connectivity index (χ3n) is 4.11. The van der Waals surface area contributed by atoms with Crippen molar-refractivity contribution in [2.45, 2.75) is 38.5 Å². The van der Waals surface area contributed by atoms with Gasteiger partial charge >= 0.3 is 0 Å². The SMILES string of the molecule is C=CC(C)(C)c1cc2c(cc1N)C(C)(C)C(=C)N2. The molecule has 18 heavy (non-hydrogen) atoms. The van der Waals surface area contributed by atoms with E-state index in [-0.39, 0.29) is 10.8 Å². The summed E-state index contributed by atoms with van der Waals surface area (Å²) in [7, 11) is 0. The molecule has 0 unspecified atom stereocenters. The number of hydrogen-bond acceptors (Lipinski definition) is 2. The highest BCUT2D eigenvalue weighted by molar-refractivity contribution is 5.74. The van der Waals surface area contributed by atoms with Crippen LogP contribution in [0.2, 0.25) is 0 Å². The Kier molecular flexibility index (Phi) is 2.58. The first-order chi connectivity index (χ1) is 8.20. The van der Waals surface area contributed by atoms with Gasteiger partial charge in [-0.15, -0.1) is 6.58 Å². The molecule has 1 aromatic rings. The molecule has 0 aliphatic carbocycles.